The number of urea groups is 2. The van der Waals surface area contributed by atoms with Crippen molar-refractivity contribution >= 4 is 33.6 Å². The minimum Gasteiger partial charge on any atom is -0.390 e. The zero-order valence-electron chi connectivity index (χ0n) is 21.2. The lowest BCUT2D eigenvalue weighted by molar-refractivity contribution is -0.142. The summed E-state index contributed by atoms with van der Waals surface area (Å²) >= 11 is 0. The van der Waals surface area contributed by atoms with E-state index < -0.39 is 101 Å². The highest BCUT2D eigenvalue weighted by molar-refractivity contribution is 7.46. The Morgan fingerprint density at radius 2 is 1.49 bits per heavy atom. The molecule has 230 valence electrons. The molecule has 0 aromatic carbocycles. The Bertz CT molecular complexity index is 1250. The molecule has 5 heterocycles. The van der Waals surface area contributed by atoms with Crippen LogP contribution in [-0.2, 0) is 32.4 Å². The van der Waals surface area contributed by atoms with E-state index in [0.717, 1.165) is 4.90 Å². The van der Waals surface area contributed by atoms with Gasteiger partial charge in [-0.2, -0.15) is 0 Å². The molecule has 4 fully saturated rings. The SMILES string of the molecule is CC1(N)C(=O)NC(=O)N(C2CC(O)C(COP(=O)(O)O)O2)C1C1C=C2N(C3CC(O)C(COP(=O)(O)O)O3)C(=O)N21. The Morgan fingerprint density at radius 3 is 2.00 bits per heavy atom. The molecule has 0 aromatic heterocycles. The molecule has 5 rings (SSSR count). The molecule has 0 aromatic rings. The fourth-order valence-electron chi connectivity index (χ4n) is 5.55. The van der Waals surface area contributed by atoms with Crippen molar-refractivity contribution in [2.45, 2.75) is 74.3 Å². The van der Waals surface area contributed by atoms with Crippen molar-refractivity contribution in [2.24, 2.45) is 5.73 Å². The van der Waals surface area contributed by atoms with Crippen LogP contribution in [0, 0.1) is 0 Å². The van der Waals surface area contributed by atoms with Crippen LogP contribution < -0.4 is 11.1 Å². The molecule has 5 aliphatic heterocycles. The number of rotatable bonds is 9. The lowest BCUT2D eigenvalue weighted by Gasteiger charge is -2.61. The van der Waals surface area contributed by atoms with Crippen LogP contribution >= 0.6 is 15.6 Å². The van der Waals surface area contributed by atoms with Gasteiger partial charge in [0.25, 0.3) is 0 Å². The van der Waals surface area contributed by atoms with Gasteiger partial charge in [-0.25, -0.2) is 18.7 Å². The third-order valence-corrected chi connectivity index (χ3v) is 8.50. The average Bonchev–Trinajstić information content (AvgIpc) is 3.36. The fraction of sp³-hybridized carbons (Fsp3) is 0.737. The average molecular weight is 629 g/mol. The highest BCUT2D eigenvalue weighted by Gasteiger charge is 2.64. The second-order valence-corrected chi connectivity index (χ2v) is 12.8. The summed E-state index contributed by atoms with van der Waals surface area (Å²) in [5.41, 5.74) is 4.58. The maximum atomic E-state index is 13.2. The summed E-state index contributed by atoms with van der Waals surface area (Å²) in [7, 11) is -9.70. The molecule has 0 aliphatic carbocycles. The van der Waals surface area contributed by atoms with Gasteiger partial charge in [-0.05, 0) is 13.0 Å². The standard InChI is InChI=1S/C19H29N5O15P2/c1-19(20)15(24(17(28)21-16(19)27)14-4-9(26)11(39-14)6-37-41(33,34)35)7-2-12-22(7)18(29)23(12)13-3-8(25)10(38-13)5-36-40(30,31)32/h2,7-11,13-15,25-26H,3-6,20H2,1H3,(H,21,27,28)(H2,30,31,32)(H2,33,34,35). The number of amides is 5. The van der Waals surface area contributed by atoms with Crippen LogP contribution in [0.15, 0.2) is 11.9 Å². The Hall–Kier alpha value is -2.03. The number of fused-ring (bicyclic) bond motifs is 1. The van der Waals surface area contributed by atoms with Crippen molar-refractivity contribution in [3.63, 3.8) is 0 Å². The van der Waals surface area contributed by atoms with Gasteiger partial charge in [0.2, 0.25) is 5.91 Å². The van der Waals surface area contributed by atoms with E-state index in [9.17, 15) is 33.7 Å². The Balaban J connectivity index is 1.33. The molecule has 0 radical (unpaired) electrons. The van der Waals surface area contributed by atoms with E-state index in [2.05, 4.69) is 14.4 Å². The number of imide groups is 1. The largest absolute Gasteiger partial charge is 0.469 e. The lowest BCUT2D eigenvalue weighted by Crippen LogP contribution is -2.82. The molecule has 5 aliphatic rings. The number of aliphatic hydroxyl groups is 2. The summed E-state index contributed by atoms with van der Waals surface area (Å²) in [4.78, 5) is 78.1. The minimum absolute atomic E-state index is 0.0896. The third kappa shape index (κ3) is 5.56. The summed E-state index contributed by atoms with van der Waals surface area (Å²) in [5.74, 6) is -0.534. The predicted molar refractivity (Wildman–Crippen MR) is 127 cm³/mol. The van der Waals surface area contributed by atoms with Gasteiger partial charge in [0.1, 0.15) is 36.0 Å². The second-order valence-electron chi connectivity index (χ2n) is 10.4. The first kappa shape index (κ1) is 30.4. The van der Waals surface area contributed by atoms with Crippen LogP contribution in [0.3, 0.4) is 0 Å². The second kappa shape index (κ2) is 10.3. The van der Waals surface area contributed by atoms with E-state index in [0.29, 0.717) is 5.82 Å². The number of nitrogens with one attached hydrogen (secondary N) is 1. The first-order chi connectivity index (χ1) is 18.9. The highest BCUT2D eigenvalue weighted by Crippen LogP contribution is 2.47. The van der Waals surface area contributed by atoms with E-state index in [-0.39, 0.29) is 12.8 Å². The summed E-state index contributed by atoms with van der Waals surface area (Å²) in [6, 6.07) is -3.71. The molecule has 4 saturated heterocycles. The fourth-order valence-corrected chi connectivity index (χ4v) is 6.23. The van der Waals surface area contributed by atoms with Gasteiger partial charge in [0.05, 0.1) is 37.5 Å². The predicted octanol–water partition coefficient (Wildman–Crippen LogP) is -3.24. The molecule has 0 spiro atoms. The summed E-state index contributed by atoms with van der Waals surface area (Å²) < 4.78 is 42.1. The Labute approximate surface area is 231 Å². The molecule has 22 heteroatoms. The maximum absolute atomic E-state index is 13.2. The number of phosphoric ester groups is 2. The van der Waals surface area contributed by atoms with E-state index in [4.69, 9.17) is 34.8 Å². The van der Waals surface area contributed by atoms with Crippen molar-refractivity contribution < 1.29 is 71.8 Å². The number of aliphatic hydroxyl groups excluding tert-OH is 2. The summed E-state index contributed by atoms with van der Waals surface area (Å²) in [6.45, 7) is 0.0199. The topological polar surface area (TPSA) is 291 Å². The number of carbonyl (C=O) groups excluding carboxylic acids is 3. The maximum Gasteiger partial charge on any atom is 0.469 e. The molecule has 0 bridgehead atoms. The zero-order valence-corrected chi connectivity index (χ0v) is 23.0. The van der Waals surface area contributed by atoms with Crippen LogP contribution in [0.4, 0.5) is 9.59 Å². The van der Waals surface area contributed by atoms with E-state index in [1.54, 1.807) is 0 Å². The zero-order chi connectivity index (χ0) is 30.2. The molecule has 9 atom stereocenters. The van der Waals surface area contributed by atoms with Gasteiger partial charge < -0.3 is 45.0 Å². The number of nitrogens with zero attached hydrogens (tertiary/aromatic N) is 3. The summed E-state index contributed by atoms with van der Waals surface area (Å²) in [6.07, 6.45) is -5.84. The van der Waals surface area contributed by atoms with E-state index >= 15 is 0 Å². The first-order valence-electron chi connectivity index (χ1n) is 12.2. The van der Waals surface area contributed by atoms with Gasteiger partial charge in [-0.3, -0.25) is 33.9 Å². The van der Waals surface area contributed by atoms with Crippen LogP contribution in [0.25, 0.3) is 0 Å². The van der Waals surface area contributed by atoms with E-state index in [1.165, 1.54) is 22.8 Å². The van der Waals surface area contributed by atoms with Crippen molar-refractivity contribution in [2.75, 3.05) is 13.2 Å². The van der Waals surface area contributed by atoms with Gasteiger partial charge in [-0.15, -0.1) is 0 Å². The van der Waals surface area contributed by atoms with Crippen molar-refractivity contribution in [1.82, 2.24) is 20.0 Å². The quantitative estimate of drug-likeness (QED) is 0.116. The van der Waals surface area contributed by atoms with Crippen molar-refractivity contribution in [3.05, 3.63) is 11.9 Å². The lowest BCUT2D eigenvalue weighted by atomic mass is 9.79. The molecule has 41 heavy (non-hydrogen) atoms. The molecule has 0 saturated carbocycles. The third-order valence-electron chi connectivity index (χ3n) is 7.53. The Morgan fingerprint density at radius 1 is 0.976 bits per heavy atom. The van der Waals surface area contributed by atoms with Gasteiger partial charge in [-0.1, -0.05) is 0 Å². The van der Waals surface area contributed by atoms with Crippen molar-refractivity contribution in [1.29, 1.82) is 0 Å². The van der Waals surface area contributed by atoms with Crippen LogP contribution in [0.5, 0.6) is 0 Å². The van der Waals surface area contributed by atoms with Crippen molar-refractivity contribution in [3.8, 4) is 0 Å². The highest BCUT2D eigenvalue weighted by atomic mass is 31.2. The molecule has 20 nitrogen and oxygen atoms in total. The number of ether oxygens (including phenoxy) is 2. The Kier molecular flexibility index (Phi) is 7.65. The normalized spacial score (nSPS) is 39.4. The number of carbonyl (C=O) groups is 3. The first-order valence-corrected chi connectivity index (χ1v) is 15.3. The molecule has 9 unspecified atom stereocenters. The number of phosphoric acid groups is 2. The summed E-state index contributed by atoms with van der Waals surface area (Å²) in [5, 5.41) is 22.7. The van der Waals surface area contributed by atoms with Gasteiger partial charge in [0, 0.05) is 12.8 Å². The molecule has 9 N–H and O–H groups in total. The van der Waals surface area contributed by atoms with Crippen LogP contribution in [0.2, 0.25) is 0 Å². The number of hydrogen-bond donors (Lipinski definition) is 8. The molecule has 5 amide bonds. The molecular formula is C19H29N5O15P2. The minimum atomic E-state index is -4.88. The number of hydrogen-bond acceptors (Lipinski definition) is 12. The van der Waals surface area contributed by atoms with Gasteiger partial charge in [0.15, 0.2) is 0 Å². The number of nitrogens with two attached hydrogens (primary N) is 1. The smallest absolute Gasteiger partial charge is 0.390 e. The van der Waals surface area contributed by atoms with Crippen LogP contribution in [-0.4, -0.2) is 130 Å². The molecular weight excluding hydrogens is 600 g/mol. The van der Waals surface area contributed by atoms with Gasteiger partial charge >= 0.3 is 27.7 Å². The van der Waals surface area contributed by atoms with E-state index in [1.807, 2.05) is 0 Å². The monoisotopic (exact) mass is 629 g/mol. The van der Waals surface area contributed by atoms with Crippen LogP contribution in [0.1, 0.15) is 19.8 Å².